The summed E-state index contributed by atoms with van der Waals surface area (Å²) in [5.74, 6) is 1.01. The van der Waals surface area contributed by atoms with Gasteiger partial charge in [-0.05, 0) is 75.5 Å². The van der Waals surface area contributed by atoms with Gasteiger partial charge in [-0.25, -0.2) is 4.98 Å². The van der Waals surface area contributed by atoms with Gasteiger partial charge in [0.25, 0.3) is 0 Å². The van der Waals surface area contributed by atoms with Crippen molar-refractivity contribution < 1.29 is 9.90 Å². The summed E-state index contributed by atoms with van der Waals surface area (Å²) in [4.78, 5) is 17.3. The maximum absolute atomic E-state index is 12.6. The minimum absolute atomic E-state index is 0.135. The van der Waals surface area contributed by atoms with Gasteiger partial charge >= 0.3 is 0 Å². The number of imidazole rings is 1. The standard InChI is InChI=1S/C20H25N3O2/c1-19(2,25)12-6-7-15-16(10-12)23(13-4-3-5-13)18(21-15)22-17(24)14-11-20(14)8-9-20/h6-7,10,13-14,25H,3-5,8-9,11H2,1-2H3,(H,21,22,24). The van der Waals surface area contributed by atoms with Crippen molar-refractivity contribution in [3.8, 4) is 0 Å². The maximum Gasteiger partial charge on any atom is 0.230 e. The van der Waals surface area contributed by atoms with Crippen LogP contribution in [0.1, 0.15) is 64.0 Å². The van der Waals surface area contributed by atoms with Gasteiger partial charge in [-0.3, -0.25) is 10.1 Å². The van der Waals surface area contributed by atoms with Crippen molar-refractivity contribution in [1.82, 2.24) is 9.55 Å². The maximum atomic E-state index is 12.6. The van der Waals surface area contributed by atoms with Crippen LogP contribution in [0.3, 0.4) is 0 Å². The van der Waals surface area contributed by atoms with Gasteiger partial charge in [0.1, 0.15) is 0 Å². The third-order valence-electron chi connectivity index (χ3n) is 6.47. The molecule has 1 amide bonds. The lowest BCUT2D eigenvalue weighted by Crippen LogP contribution is -2.23. The first-order chi connectivity index (χ1) is 11.9. The largest absolute Gasteiger partial charge is 0.386 e. The third kappa shape index (κ3) is 2.40. The fraction of sp³-hybridized carbons (Fsp3) is 0.600. The third-order valence-corrected chi connectivity index (χ3v) is 6.47. The van der Waals surface area contributed by atoms with E-state index in [1.807, 2.05) is 18.2 Å². The van der Waals surface area contributed by atoms with Crippen LogP contribution in [-0.4, -0.2) is 20.6 Å². The van der Waals surface area contributed by atoms with E-state index >= 15 is 0 Å². The zero-order chi connectivity index (χ0) is 17.4. The molecular formula is C20H25N3O2. The normalized spacial score (nSPS) is 24.4. The summed E-state index contributed by atoms with van der Waals surface area (Å²) >= 11 is 0. The number of hydrogen-bond donors (Lipinski definition) is 2. The SMILES string of the molecule is CC(C)(O)c1ccc2nc(NC(=O)C3CC34CC4)n(C3CCC3)c2c1. The molecule has 0 radical (unpaired) electrons. The number of nitrogens with one attached hydrogen (secondary N) is 1. The highest BCUT2D eigenvalue weighted by atomic mass is 16.3. The Hall–Kier alpha value is -1.88. The van der Waals surface area contributed by atoms with Gasteiger partial charge in [-0.15, -0.1) is 0 Å². The number of nitrogens with zero attached hydrogens (tertiary/aromatic N) is 2. The van der Waals surface area contributed by atoms with Crippen LogP contribution in [0.4, 0.5) is 5.95 Å². The topological polar surface area (TPSA) is 67.2 Å². The van der Waals surface area contributed by atoms with Gasteiger partial charge in [0.2, 0.25) is 11.9 Å². The zero-order valence-corrected chi connectivity index (χ0v) is 14.9. The predicted molar refractivity (Wildman–Crippen MR) is 96.3 cm³/mol. The van der Waals surface area contributed by atoms with Crippen LogP contribution in [0.25, 0.3) is 11.0 Å². The van der Waals surface area contributed by atoms with E-state index in [4.69, 9.17) is 4.98 Å². The van der Waals surface area contributed by atoms with Crippen molar-refractivity contribution in [2.75, 3.05) is 5.32 Å². The molecule has 1 atom stereocenters. The molecule has 0 saturated heterocycles. The van der Waals surface area contributed by atoms with E-state index in [2.05, 4.69) is 9.88 Å². The average molecular weight is 339 g/mol. The molecule has 1 unspecified atom stereocenters. The number of carbonyl (C=O) groups excluding carboxylic acids is 1. The van der Waals surface area contributed by atoms with Gasteiger partial charge < -0.3 is 9.67 Å². The summed E-state index contributed by atoms with van der Waals surface area (Å²) in [6, 6.07) is 6.29. The van der Waals surface area contributed by atoms with E-state index in [0.29, 0.717) is 17.4 Å². The van der Waals surface area contributed by atoms with Crippen molar-refractivity contribution in [3.63, 3.8) is 0 Å². The number of aromatic nitrogens is 2. The van der Waals surface area contributed by atoms with E-state index in [1.54, 1.807) is 13.8 Å². The molecule has 1 spiro atoms. The van der Waals surface area contributed by atoms with Gasteiger partial charge in [0.05, 0.1) is 16.6 Å². The van der Waals surface area contributed by atoms with Crippen molar-refractivity contribution >= 4 is 22.9 Å². The predicted octanol–water partition coefficient (Wildman–Crippen LogP) is 3.73. The molecule has 3 aliphatic rings. The molecule has 0 aliphatic heterocycles. The summed E-state index contributed by atoms with van der Waals surface area (Å²) in [6.45, 7) is 3.59. The molecule has 3 fully saturated rings. The Labute approximate surface area is 147 Å². The second-order valence-corrected chi connectivity index (χ2v) is 8.76. The second-order valence-electron chi connectivity index (χ2n) is 8.76. The van der Waals surface area contributed by atoms with Gasteiger partial charge in [0, 0.05) is 12.0 Å². The highest BCUT2D eigenvalue weighted by molar-refractivity contribution is 5.96. The molecular weight excluding hydrogens is 314 g/mol. The molecule has 3 aliphatic carbocycles. The Morgan fingerprint density at radius 2 is 2.12 bits per heavy atom. The van der Waals surface area contributed by atoms with Crippen LogP contribution in [0.2, 0.25) is 0 Å². The lowest BCUT2D eigenvalue weighted by atomic mass is 9.92. The smallest absolute Gasteiger partial charge is 0.230 e. The van der Waals surface area contributed by atoms with Crippen LogP contribution in [0.5, 0.6) is 0 Å². The van der Waals surface area contributed by atoms with Crippen LogP contribution < -0.4 is 5.32 Å². The first kappa shape index (κ1) is 15.4. The number of anilines is 1. The molecule has 3 saturated carbocycles. The number of fused-ring (bicyclic) bond motifs is 1. The fourth-order valence-electron chi connectivity index (χ4n) is 4.21. The van der Waals surface area contributed by atoms with E-state index < -0.39 is 5.60 Å². The van der Waals surface area contributed by atoms with Crippen molar-refractivity contribution in [2.45, 2.75) is 64.0 Å². The monoisotopic (exact) mass is 339 g/mol. The number of amides is 1. The molecule has 132 valence electrons. The highest BCUT2D eigenvalue weighted by Gasteiger charge is 2.65. The van der Waals surface area contributed by atoms with E-state index in [9.17, 15) is 9.90 Å². The molecule has 0 bridgehead atoms. The van der Waals surface area contributed by atoms with Crippen molar-refractivity contribution in [1.29, 1.82) is 0 Å². The number of aliphatic hydroxyl groups is 1. The quantitative estimate of drug-likeness (QED) is 0.892. The lowest BCUT2D eigenvalue weighted by molar-refractivity contribution is -0.117. The number of hydrogen-bond acceptors (Lipinski definition) is 3. The molecule has 5 nitrogen and oxygen atoms in total. The molecule has 5 rings (SSSR count). The lowest BCUT2D eigenvalue weighted by Gasteiger charge is -2.29. The Morgan fingerprint density at radius 3 is 2.68 bits per heavy atom. The molecule has 1 aromatic carbocycles. The Kier molecular flexibility index (Phi) is 2.98. The van der Waals surface area contributed by atoms with Gasteiger partial charge in [-0.2, -0.15) is 0 Å². The summed E-state index contributed by atoms with van der Waals surface area (Å²) in [5.41, 5.74) is 2.23. The van der Waals surface area contributed by atoms with Crippen LogP contribution >= 0.6 is 0 Å². The van der Waals surface area contributed by atoms with Crippen LogP contribution in [0, 0.1) is 11.3 Å². The van der Waals surface area contributed by atoms with E-state index in [-0.39, 0.29) is 11.8 Å². The number of benzene rings is 1. The second kappa shape index (κ2) is 4.85. The Balaban J connectivity index is 1.54. The van der Waals surface area contributed by atoms with Crippen LogP contribution in [-0.2, 0) is 10.4 Å². The van der Waals surface area contributed by atoms with Gasteiger partial charge in [-0.1, -0.05) is 6.07 Å². The zero-order valence-electron chi connectivity index (χ0n) is 14.9. The minimum Gasteiger partial charge on any atom is -0.386 e. The Morgan fingerprint density at radius 1 is 1.36 bits per heavy atom. The Bertz CT molecular complexity index is 869. The molecule has 2 N–H and O–H groups in total. The number of carbonyl (C=O) groups is 1. The molecule has 1 aromatic heterocycles. The molecule has 25 heavy (non-hydrogen) atoms. The first-order valence-corrected chi connectivity index (χ1v) is 9.43. The highest BCUT2D eigenvalue weighted by Crippen LogP contribution is 2.70. The summed E-state index contributed by atoms with van der Waals surface area (Å²) in [5, 5.41) is 13.5. The summed E-state index contributed by atoms with van der Waals surface area (Å²) in [6.07, 6.45) is 6.92. The van der Waals surface area contributed by atoms with Crippen molar-refractivity contribution in [3.05, 3.63) is 23.8 Å². The van der Waals surface area contributed by atoms with Crippen LogP contribution in [0.15, 0.2) is 18.2 Å². The van der Waals surface area contributed by atoms with E-state index in [1.165, 1.54) is 19.3 Å². The summed E-state index contributed by atoms with van der Waals surface area (Å²) < 4.78 is 2.19. The molecule has 5 heteroatoms. The first-order valence-electron chi connectivity index (χ1n) is 9.43. The molecule has 1 heterocycles. The fourth-order valence-corrected chi connectivity index (χ4v) is 4.21. The van der Waals surface area contributed by atoms with Gasteiger partial charge in [0.15, 0.2) is 0 Å². The van der Waals surface area contributed by atoms with Crippen molar-refractivity contribution in [2.24, 2.45) is 11.3 Å². The van der Waals surface area contributed by atoms with E-state index in [0.717, 1.165) is 35.9 Å². The number of rotatable bonds is 4. The molecule has 2 aromatic rings. The summed E-state index contributed by atoms with van der Waals surface area (Å²) in [7, 11) is 0. The average Bonchev–Trinajstić information content (AvgIpc) is 3.40. The minimum atomic E-state index is -0.890.